The van der Waals surface area contributed by atoms with Crippen LogP contribution in [0.15, 0.2) is 22.8 Å². The minimum atomic E-state index is -0.463. The number of rotatable bonds is 2. The van der Waals surface area contributed by atoms with E-state index in [1.165, 1.54) is 0 Å². The standard InChI is InChI=1S/C13H17BrN2O3/c1-13(2,3)19-12(17)16-7-10(8-16)18-11-6-9(14)4-5-15-11/h4-6,10H,7-8H2,1-3H3. The maximum atomic E-state index is 11.7. The van der Waals surface area contributed by atoms with Crippen LogP contribution in [0.1, 0.15) is 20.8 Å². The van der Waals surface area contributed by atoms with Gasteiger partial charge in [-0.25, -0.2) is 9.78 Å². The Bertz CT molecular complexity index is 467. The molecule has 2 rings (SSSR count). The molecule has 1 aromatic rings. The molecule has 0 atom stereocenters. The van der Waals surface area contributed by atoms with Gasteiger partial charge in [-0.05, 0) is 26.8 Å². The first-order valence-electron chi connectivity index (χ1n) is 6.09. The fraction of sp³-hybridized carbons (Fsp3) is 0.538. The summed E-state index contributed by atoms with van der Waals surface area (Å²) in [5, 5.41) is 0. The number of ether oxygens (including phenoxy) is 2. The van der Waals surface area contributed by atoms with Gasteiger partial charge in [-0.15, -0.1) is 0 Å². The third-order valence-electron chi connectivity index (χ3n) is 2.48. The van der Waals surface area contributed by atoms with Gasteiger partial charge in [0.05, 0.1) is 13.1 Å². The highest BCUT2D eigenvalue weighted by atomic mass is 79.9. The Kier molecular flexibility index (Phi) is 3.99. The van der Waals surface area contributed by atoms with Crippen LogP contribution in [0.2, 0.25) is 0 Å². The lowest BCUT2D eigenvalue weighted by atomic mass is 10.2. The summed E-state index contributed by atoms with van der Waals surface area (Å²) in [6.07, 6.45) is 1.35. The number of hydrogen-bond acceptors (Lipinski definition) is 4. The fourth-order valence-corrected chi connectivity index (χ4v) is 1.92. The maximum absolute atomic E-state index is 11.7. The van der Waals surface area contributed by atoms with Crippen molar-refractivity contribution in [1.82, 2.24) is 9.88 Å². The van der Waals surface area contributed by atoms with Gasteiger partial charge in [0.25, 0.3) is 0 Å². The van der Waals surface area contributed by atoms with Crippen molar-refractivity contribution in [2.24, 2.45) is 0 Å². The highest BCUT2D eigenvalue weighted by Crippen LogP contribution is 2.21. The fourth-order valence-electron chi connectivity index (χ4n) is 1.61. The molecular weight excluding hydrogens is 312 g/mol. The molecule has 1 aliphatic rings. The Hall–Kier alpha value is -1.30. The van der Waals surface area contributed by atoms with Crippen LogP contribution in [0.5, 0.6) is 5.88 Å². The molecule has 6 heteroatoms. The van der Waals surface area contributed by atoms with Crippen LogP contribution >= 0.6 is 15.9 Å². The van der Waals surface area contributed by atoms with E-state index < -0.39 is 5.60 Å². The molecule has 0 aromatic carbocycles. The zero-order valence-electron chi connectivity index (χ0n) is 11.2. The first kappa shape index (κ1) is 14.1. The Morgan fingerprint density at radius 3 is 2.74 bits per heavy atom. The molecule has 0 bridgehead atoms. The van der Waals surface area contributed by atoms with Gasteiger partial charge in [-0.2, -0.15) is 0 Å². The normalized spacial score (nSPS) is 15.9. The third kappa shape index (κ3) is 4.09. The van der Waals surface area contributed by atoms with Gasteiger partial charge in [0.1, 0.15) is 11.7 Å². The summed E-state index contributed by atoms with van der Waals surface area (Å²) in [4.78, 5) is 17.4. The van der Waals surface area contributed by atoms with Crippen LogP contribution in [0.4, 0.5) is 4.79 Å². The van der Waals surface area contributed by atoms with E-state index in [0.29, 0.717) is 19.0 Å². The van der Waals surface area contributed by atoms with Crippen molar-refractivity contribution >= 4 is 22.0 Å². The zero-order chi connectivity index (χ0) is 14.0. The van der Waals surface area contributed by atoms with E-state index in [9.17, 15) is 4.79 Å². The zero-order valence-corrected chi connectivity index (χ0v) is 12.8. The second-order valence-electron chi connectivity index (χ2n) is 5.44. The van der Waals surface area contributed by atoms with Crippen molar-refractivity contribution in [2.75, 3.05) is 13.1 Å². The van der Waals surface area contributed by atoms with Gasteiger partial charge >= 0.3 is 6.09 Å². The summed E-state index contributed by atoms with van der Waals surface area (Å²) in [6.45, 7) is 6.62. The minimum Gasteiger partial charge on any atom is -0.471 e. The lowest BCUT2D eigenvalue weighted by Gasteiger charge is -2.39. The molecule has 0 N–H and O–H groups in total. The van der Waals surface area contributed by atoms with E-state index in [0.717, 1.165) is 4.47 Å². The average Bonchev–Trinajstić information content (AvgIpc) is 2.20. The minimum absolute atomic E-state index is 0.0191. The van der Waals surface area contributed by atoms with E-state index >= 15 is 0 Å². The SMILES string of the molecule is CC(C)(C)OC(=O)N1CC(Oc2cc(Br)ccn2)C1. The quantitative estimate of drug-likeness (QED) is 0.837. The predicted octanol–water partition coefficient (Wildman–Crippen LogP) is 2.84. The number of likely N-dealkylation sites (tertiary alicyclic amines) is 1. The summed E-state index contributed by atoms with van der Waals surface area (Å²) in [6, 6.07) is 3.64. The molecule has 0 radical (unpaired) electrons. The number of aromatic nitrogens is 1. The van der Waals surface area contributed by atoms with Crippen LogP contribution in [0.25, 0.3) is 0 Å². The van der Waals surface area contributed by atoms with Gasteiger partial charge in [0.2, 0.25) is 5.88 Å². The number of carbonyl (C=O) groups is 1. The molecule has 2 heterocycles. The number of nitrogens with zero attached hydrogens (tertiary/aromatic N) is 2. The van der Waals surface area contributed by atoms with Crippen molar-refractivity contribution in [1.29, 1.82) is 0 Å². The van der Waals surface area contributed by atoms with Gasteiger partial charge in [0.15, 0.2) is 0 Å². The van der Waals surface area contributed by atoms with E-state index in [2.05, 4.69) is 20.9 Å². The summed E-state index contributed by atoms with van der Waals surface area (Å²) in [5.74, 6) is 0.559. The van der Waals surface area contributed by atoms with E-state index in [1.807, 2.05) is 26.8 Å². The second-order valence-corrected chi connectivity index (χ2v) is 6.35. The molecule has 0 unspecified atom stereocenters. The smallest absolute Gasteiger partial charge is 0.410 e. The largest absolute Gasteiger partial charge is 0.471 e. The third-order valence-corrected chi connectivity index (χ3v) is 2.98. The number of pyridine rings is 1. The number of carbonyl (C=O) groups excluding carboxylic acids is 1. The van der Waals surface area contributed by atoms with Gasteiger partial charge in [-0.1, -0.05) is 15.9 Å². The lowest BCUT2D eigenvalue weighted by molar-refractivity contribution is -0.0232. The topological polar surface area (TPSA) is 51.7 Å². The molecule has 1 aliphatic heterocycles. The summed E-state index contributed by atoms with van der Waals surface area (Å²) < 4.78 is 11.8. The monoisotopic (exact) mass is 328 g/mol. The molecule has 1 saturated heterocycles. The van der Waals surface area contributed by atoms with Crippen molar-refractivity contribution in [3.05, 3.63) is 22.8 Å². The first-order valence-corrected chi connectivity index (χ1v) is 6.89. The molecule has 0 saturated carbocycles. The number of amides is 1. The second kappa shape index (κ2) is 5.36. The Morgan fingerprint density at radius 1 is 1.47 bits per heavy atom. The average molecular weight is 329 g/mol. The summed E-state index contributed by atoms with van der Waals surface area (Å²) in [5.41, 5.74) is -0.463. The summed E-state index contributed by atoms with van der Waals surface area (Å²) in [7, 11) is 0. The van der Waals surface area contributed by atoms with Crippen LogP contribution < -0.4 is 4.74 Å². The molecule has 5 nitrogen and oxygen atoms in total. The van der Waals surface area contributed by atoms with E-state index in [1.54, 1.807) is 17.2 Å². The molecule has 0 aliphatic carbocycles. The molecule has 1 amide bonds. The Balaban J connectivity index is 1.79. The predicted molar refractivity (Wildman–Crippen MR) is 74.2 cm³/mol. The molecule has 1 fully saturated rings. The highest BCUT2D eigenvalue weighted by Gasteiger charge is 2.35. The Labute approximate surface area is 121 Å². The number of hydrogen-bond donors (Lipinski definition) is 0. The molecule has 0 spiro atoms. The molecule has 104 valence electrons. The van der Waals surface area contributed by atoms with Crippen molar-refractivity contribution in [2.45, 2.75) is 32.5 Å². The lowest BCUT2D eigenvalue weighted by Crippen LogP contribution is -2.57. The molecule has 19 heavy (non-hydrogen) atoms. The Morgan fingerprint density at radius 2 is 2.16 bits per heavy atom. The number of halogens is 1. The van der Waals surface area contributed by atoms with Crippen molar-refractivity contribution in [3.8, 4) is 5.88 Å². The molecule has 1 aromatic heterocycles. The van der Waals surface area contributed by atoms with Crippen molar-refractivity contribution < 1.29 is 14.3 Å². The first-order chi connectivity index (χ1) is 8.83. The van der Waals surface area contributed by atoms with Gasteiger partial charge < -0.3 is 14.4 Å². The van der Waals surface area contributed by atoms with Crippen LogP contribution in [-0.2, 0) is 4.74 Å². The van der Waals surface area contributed by atoms with Crippen LogP contribution in [0, 0.1) is 0 Å². The van der Waals surface area contributed by atoms with Gasteiger partial charge in [-0.3, -0.25) is 0 Å². The van der Waals surface area contributed by atoms with Crippen LogP contribution in [0.3, 0.4) is 0 Å². The van der Waals surface area contributed by atoms with Crippen molar-refractivity contribution in [3.63, 3.8) is 0 Å². The van der Waals surface area contributed by atoms with Crippen LogP contribution in [-0.4, -0.2) is 40.8 Å². The summed E-state index contributed by atoms with van der Waals surface area (Å²) >= 11 is 3.36. The van der Waals surface area contributed by atoms with E-state index in [-0.39, 0.29) is 12.2 Å². The maximum Gasteiger partial charge on any atom is 0.410 e. The molecular formula is C13H17BrN2O3. The highest BCUT2D eigenvalue weighted by molar-refractivity contribution is 9.10. The van der Waals surface area contributed by atoms with E-state index in [4.69, 9.17) is 9.47 Å². The van der Waals surface area contributed by atoms with Gasteiger partial charge in [0, 0.05) is 16.7 Å².